The number of fused-ring (bicyclic) bond motifs is 1. The number of methoxy groups -OCH3 is 1. The fourth-order valence-corrected chi connectivity index (χ4v) is 4.74. The van der Waals surface area contributed by atoms with Crippen molar-refractivity contribution >= 4 is 5.57 Å². The van der Waals surface area contributed by atoms with Crippen molar-refractivity contribution in [1.82, 2.24) is 14.8 Å². The largest absolute Gasteiger partial charge is 0.496 e. The third kappa shape index (κ3) is 4.21. The molecule has 0 unspecified atom stereocenters. The molecule has 5 rings (SSSR count). The molecule has 32 heavy (non-hydrogen) atoms. The predicted molar refractivity (Wildman–Crippen MR) is 131 cm³/mol. The van der Waals surface area contributed by atoms with E-state index >= 15 is 0 Å². The first-order valence-corrected chi connectivity index (χ1v) is 11.5. The summed E-state index contributed by atoms with van der Waals surface area (Å²) in [6.07, 6.45) is 5.20. The highest BCUT2D eigenvalue weighted by atomic mass is 16.5. The van der Waals surface area contributed by atoms with Gasteiger partial charge in [-0.05, 0) is 60.0 Å². The molecule has 2 aromatic carbocycles. The molecule has 0 N–H and O–H groups in total. The Morgan fingerprint density at radius 3 is 2.38 bits per heavy atom. The van der Waals surface area contributed by atoms with Gasteiger partial charge < -0.3 is 9.64 Å². The molecule has 164 valence electrons. The van der Waals surface area contributed by atoms with Gasteiger partial charge in [-0.1, -0.05) is 36.4 Å². The van der Waals surface area contributed by atoms with Gasteiger partial charge in [-0.3, -0.25) is 9.88 Å². The van der Waals surface area contributed by atoms with Gasteiger partial charge in [-0.25, -0.2) is 0 Å². The van der Waals surface area contributed by atoms with Crippen LogP contribution < -0.4 is 4.74 Å². The van der Waals surface area contributed by atoms with Gasteiger partial charge in [0.05, 0.1) is 12.8 Å². The molecule has 0 saturated carbocycles. The standard InChI is InChI=1S/C28H31N3O/c1-20-16-23(8-11-28(20)32-3)25-9-10-27-26(25)17-24(18-29-27)22-6-4-21(5-7-22)19-31-14-12-30(2)13-15-31/h4-9,11,16-18H,10,12-15,19H2,1-3H3. The van der Waals surface area contributed by atoms with Crippen LogP contribution in [0, 0.1) is 6.92 Å². The van der Waals surface area contributed by atoms with Crippen molar-refractivity contribution < 1.29 is 4.74 Å². The van der Waals surface area contributed by atoms with Crippen LogP contribution in [0.2, 0.25) is 0 Å². The SMILES string of the molecule is COc1ccc(C2=CCc3ncc(-c4ccc(CN5CCN(C)CC5)cc4)cc32)cc1C. The van der Waals surface area contributed by atoms with Gasteiger partial charge in [-0.15, -0.1) is 0 Å². The van der Waals surface area contributed by atoms with Gasteiger partial charge in [0.2, 0.25) is 0 Å². The molecule has 0 radical (unpaired) electrons. The molecule has 0 atom stereocenters. The summed E-state index contributed by atoms with van der Waals surface area (Å²) >= 11 is 0. The predicted octanol–water partition coefficient (Wildman–Crippen LogP) is 4.80. The molecule has 3 aromatic rings. The Morgan fingerprint density at radius 2 is 1.66 bits per heavy atom. The van der Waals surface area contributed by atoms with Crippen molar-refractivity contribution in [2.24, 2.45) is 0 Å². The monoisotopic (exact) mass is 425 g/mol. The van der Waals surface area contributed by atoms with E-state index < -0.39 is 0 Å². The van der Waals surface area contributed by atoms with Crippen molar-refractivity contribution in [3.8, 4) is 16.9 Å². The lowest BCUT2D eigenvalue weighted by Gasteiger charge is -2.32. The van der Waals surface area contributed by atoms with Crippen LogP contribution in [0.3, 0.4) is 0 Å². The number of allylic oxidation sites excluding steroid dienone is 1. The first-order valence-electron chi connectivity index (χ1n) is 11.5. The van der Waals surface area contributed by atoms with Crippen LogP contribution >= 0.6 is 0 Å². The second kappa shape index (κ2) is 8.89. The number of rotatable bonds is 5. The topological polar surface area (TPSA) is 28.6 Å². The maximum atomic E-state index is 5.43. The molecule has 1 saturated heterocycles. The summed E-state index contributed by atoms with van der Waals surface area (Å²) in [4.78, 5) is 9.74. The maximum absolute atomic E-state index is 5.43. The van der Waals surface area contributed by atoms with Crippen molar-refractivity contribution in [2.45, 2.75) is 19.9 Å². The summed E-state index contributed by atoms with van der Waals surface area (Å²) in [5, 5.41) is 0. The zero-order chi connectivity index (χ0) is 22.1. The number of ether oxygens (including phenoxy) is 1. The number of benzene rings is 2. The molecule has 2 heterocycles. The molecule has 4 heteroatoms. The highest BCUT2D eigenvalue weighted by Gasteiger charge is 2.19. The number of aromatic nitrogens is 1. The molecule has 1 aromatic heterocycles. The molecule has 4 nitrogen and oxygen atoms in total. The van der Waals surface area contributed by atoms with E-state index in [4.69, 9.17) is 9.72 Å². The van der Waals surface area contributed by atoms with E-state index in [1.165, 1.54) is 33.4 Å². The van der Waals surface area contributed by atoms with E-state index in [2.05, 4.69) is 78.4 Å². The number of hydrogen-bond donors (Lipinski definition) is 0. The Bertz CT molecular complexity index is 1140. The Labute approximate surface area is 191 Å². The second-order valence-electron chi connectivity index (χ2n) is 9.00. The quantitative estimate of drug-likeness (QED) is 0.587. The van der Waals surface area contributed by atoms with Crippen LogP contribution in [0.15, 0.2) is 60.8 Å². The summed E-state index contributed by atoms with van der Waals surface area (Å²) in [6, 6.07) is 17.7. The molecule has 1 fully saturated rings. The summed E-state index contributed by atoms with van der Waals surface area (Å²) in [5.74, 6) is 0.927. The molecule has 1 aliphatic heterocycles. The van der Waals surface area contributed by atoms with E-state index in [1.807, 2.05) is 6.20 Å². The number of piperazine rings is 1. The fourth-order valence-electron chi connectivity index (χ4n) is 4.74. The average Bonchev–Trinajstić information content (AvgIpc) is 3.24. The molecule has 0 spiro atoms. The van der Waals surface area contributed by atoms with Crippen LogP contribution in [0.25, 0.3) is 16.7 Å². The fraction of sp³-hybridized carbons (Fsp3) is 0.321. The summed E-state index contributed by atoms with van der Waals surface area (Å²) in [5.41, 5.74) is 9.82. The lowest BCUT2D eigenvalue weighted by Crippen LogP contribution is -2.43. The minimum atomic E-state index is 0.889. The zero-order valence-corrected chi connectivity index (χ0v) is 19.3. The van der Waals surface area contributed by atoms with Gasteiger partial charge in [0.15, 0.2) is 0 Å². The van der Waals surface area contributed by atoms with Crippen LogP contribution in [-0.2, 0) is 13.0 Å². The summed E-state index contributed by atoms with van der Waals surface area (Å²) < 4.78 is 5.43. The van der Waals surface area contributed by atoms with Crippen LogP contribution in [-0.4, -0.2) is 55.1 Å². The maximum Gasteiger partial charge on any atom is 0.121 e. The Hall–Kier alpha value is -2.95. The minimum absolute atomic E-state index is 0.889. The Kier molecular flexibility index (Phi) is 5.81. The highest BCUT2D eigenvalue weighted by molar-refractivity contribution is 5.86. The molecule has 0 amide bonds. The van der Waals surface area contributed by atoms with Crippen LogP contribution in [0.4, 0.5) is 0 Å². The van der Waals surface area contributed by atoms with Crippen LogP contribution in [0.1, 0.15) is 27.9 Å². The van der Waals surface area contributed by atoms with Crippen LogP contribution in [0.5, 0.6) is 5.75 Å². The highest BCUT2D eigenvalue weighted by Crippen LogP contribution is 2.35. The van der Waals surface area contributed by atoms with Gasteiger partial charge in [0, 0.05) is 56.5 Å². The van der Waals surface area contributed by atoms with E-state index in [9.17, 15) is 0 Å². The van der Waals surface area contributed by atoms with Gasteiger partial charge in [-0.2, -0.15) is 0 Å². The van der Waals surface area contributed by atoms with Gasteiger partial charge in [0.25, 0.3) is 0 Å². The molecule has 0 bridgehead atoms. The van der Waals surface area contributed by atoms with Gasteiger partial charge in [0.1, 0.15) is 5.75 Å². The third-order valence-electron chi connectivity index (χ3n) is 6.76. The summed E-state index contributed by atoms with van der Waals surface area (Å²) in [6.45, 7) is 7.72. The lowest BCUT2D eigenvalue weighted by atomic mass is 9.96. The molecular weight excluding hydrogens is 394 g/mol. The Balaban J connectivity index is 1.35. The lowest BCUT2D eigenvalue weighted by molar-refractivity contribution is 0.148. The van der Waals surface area contributed by atoms with E-state index in [0.717, 1.165) is 56.2 Å². The number of hydrogen-bond acceptors (Lipinski definition) is 4. The van der Waals surface area contributed by atoms with Crippen molar-refractivity contribution in [3.63, 3.8) is 0 Å². The third-order valence-corrected chi connectivity index (χ3v) is 6.76. The molecule has 2 aliphatic rings. The second-order valence-corrected chi connectivity index (χ2v) is 9.00. The smallest absolute Gasteiger partial charge is 0.121 e. The molecular formula is C28H31N3O. The van der Waals surface area contributed by atoms with Gasteiger partial charge >= 0.3 is 0 Å². The minimum Gasteiger partial charge on any atom is -0.496 e. The molecule has 1 aliphatic carbocycles. The average molecular weight is 426 g/mol. The van der Waals surface area contributed by atoms with E-state index in [1.54, 1.807) is 7.11 Å². The Morgan fingerprint density at radius 1 is 0.906 bits per heavy atom. The number of nitrogens with zero attached hydrogens (tertiary/aromatic N) is 3. The number of likely N-dealkylation sites (N-methyl/N-ethyl adjacent to an activating group) is 1. The van der Waals surface area contributed by atoms with E-state index in [-0.39, 0.29) is 0 Å². The normalized spacial score (nSPS) is 16.7. The van der Waals surface area contributed by atoms with Crippen molar-refractivity contribution in [2.75, 3.05) is 40.3 Å². The number of aryl methyl sites for hydroxylation is 1. The zero-order valence-electron chi connectivity index (χ0n) is 19.3. The van der Waals surface area contributed by atoms with E-state index in [0.29, 0.717) is 0 Å². The summed E-state index contributed by atoms with van der Waals surface area (Å²) in [7, 11) is 3.92. The first kappa shape index (κ1) is 20.9. The number of pyridine rings is 1. The van der Waals surface area contributed by atoms with Crippen molar-refractivity contribution in [3.05, 3.63) is 88.8 Å². The first-order chi connectivity index (χ1) is 15.6. The van der Waals surface area contributed by atoms with Crippen molar-refractivity contribution in [1.29, 1.82) is 0 Å².